The molecular formula is C21H46NO+. The van der Waals surface area contributed by atoms with Gasteiger partial charge in [0.1, 0.15) is 0 Å². The maximum Gasteiger partial charge on any atom is 0.194 e. The van der Waals surface area contributed by atoms with Crippen molar-refractivity contribution in [3.63, 3.8) is 0 Å². The van der Waals surface area contributed by atoms with Gasteiger partial charge >= 0.3 is 0 Å². The van der Waals surface area contributed by atoms with Crippen molar-refractivity contribution >= 4 is 0 Å². The lowest BCUT2D eigenvalue weighted by Gasteiger charge is -2.40. The van der Waals surface area contributed by atoms with E-state index in [2.05, 4.69) is 21.0 Å². The van der Waals surface area contributed by atoms with E-state index in [1.165, 1.54) is 89.9 Å². The van der Waals surface area contributed by atoms with E-state index in [1.807, 2.05) is 13.8 Å². The summed E-state index contributed by atoms with van der Waals surface area (Å²) in [5.41, 5.74) is -0.628. The van der Waals surface area contributed by atoms with Crippen molar-refractivity contribution in [3.8, 4) is 0 Å². The summed E-state index contributed by atoms with van der Waals surface area (Å²) in [5.74, 6) is 0. The average Bonchev–Trinajstić information content (AvgIpc) is 2.46. The van der Waals surface area contributed by atoms with E-state index in [0.717, 1.165) is 6.54 Å². The molecule has 0 saturated carbocycles. The second-order valence-corrected chi connectivity index (χ2v) is 8.50. The molecule has 23 heavy (non-hydrogen) atoms. The highest BCUT2D eigenvalue weighted by molar-refractivity contribution is 4.53. The molecular weight excluding hydrogens is 282 g/mol. The Hall–Kier alpha value is -0.0800. The molecule has 0 atom stereocenters. The third kappa shape index (κ3) is 12.9. The molecule has 0 saturated heterocycles. The highest BCUT2D eigenvalue weighted by Gasteiger charge is 2.32. The number of hydrogen-bond acceptors (Lipinski definition) is 1. The minimum atomic E-state index is -0.628. The smallest absolute Gasteiger partial charge is 0.194 e. The van der Waals surface area contributed by atoms with Gasteiger partial charge < -0.3 is 9.59 Å². The minimum Gasteiger partial charge on any atom is -0.343 e. The van der Waals surface area contributed by atoms with Crippen LogP contribution in [0.3, 0.4) is 0 Å². The molecule has 0 spiro atoms. The zero-order valence-corrected chi connectivity index (χ0v) is 17.0. The Balaban J connectivity index is 3.25. The van der Waals surface area contributed by atoms with Crippen LogP contribution >= 0.6 is 0 Å². The fourth-order valence-electron chi connectivity index (χ4n) is 2.98. The van der Waals surface area contributed by atoms with Gasteiger partial charge in [0.05, 0.1) is 20.6 Å². The van der Waals surface area contributed by atoms with Crippen LogP contribution in [0.5, 0.6) is 0 Å². The van der Waals surface area contributed by atoms with E-state index in [0.29, 0.717) is 4.48 Å². The summed E-state index contributed by atoms with van der Waals surface area (Å²) < 4.78 is 0.700. The summed E-state index contributed by atoms with van der Waals surface area (Å²) in [6.45, 7) is 7.18. The Kier molecular flexibility index (Phi) is 13.2. The molecule has 0 fully saturated rings. The van der Waals surface area contributed by atoms with E-state index >= 15 is 0 Å². The van der Waals surface area contributed by atoms with E-state index in [-0.39, 0.29) is 0 Å². The maximum atomic E-state index is 10.1. The highest BCUT2D eigenvalue weighted by atomic mass is 16.3. The SMILES string of the molecule is CCCCCCCCCCCCCCCC[N+](C)(C)C(C)(C)O. The van der Waals surface area contributed by atoms with E-state index in [4.69, 9.17) is 0 Å². The van der Waals surface area contributed by atoms with Crippen LogP contribution in [0, 0.1) is 0 Å². The molecule has 0 aromatic heterocycles. The van der Waals surface area contributed by atoms with Crippen molar-refractivity contribution in [1.82, 2.24) is 0 Å². The van der Waals surface area contributed by atoms with Crippen LogP contribution in [-0.2, 0) is 0 Å². The fourth-order valence-corrected chi connectivity index (χ4v) is 2.98. The Labute approximate surface area is 147 Å². The average molecular weight is 329 g/mol. The Morgan fingerprint density at radius 3 is 1.22 bits per heavy atom. The molecule has 0 aromatic carbocycles. The summed E-state index contributed by atoms with van der Waals surface area (Å²) in [5, 5.41) is 10.1. The van der Waals surface area contributed by atoms with Crippen molar-refractivity contribution in [2.24, 2.45) is 0 Å². The normalized spacial score (nSPS) is 12.8. The first-order valence-electron chi connectivity index (χ1n) is 10.4. The molecule has 2 nitrogen and oxygen atoms in total. The number of aliphatic hydroxyl groups is 1. The summed E-state index contributed by atoms with van der Waals surface area (Å²) >= 11 is 0. The third-order valence-electron chi connectivity index (χ3n) is 5.55. The molecule has 140 valence electrons. The van der Waals surface area contributed by atoms with Crippen molar-refractivity contribution in [3.05, 3.63) is 0 Å². The van der Waals surface area contributed by atoms with Gasteiger partial charge in [-0.25, -0.2) is 0 Å². The number of quaternary nitrogens is 1. The Bertz CT molecular complexity index is 255. The summed E-state index contributed by atoms with van der Waals surface area (Å²) in [7, 11) is 4.25. The molecule has 2 heteroatoms. The minimum absolute atomic E-state index is 0.628. The molecule has 0 aliphatic carbocycles. The summed E-state index contributed by atoms with van der Waals surface area (Å²) in [4.78, 5) is 0. The quantitative estimate of drug-likeness (QED) is 0.201. The van der Waals surface area contributed by atoms with Crippen LogP contribution < -0.4 is 0 Å². The maximum absolute atomic E-state index is 10.1. The zero-order valence-electron chi connectivity index (χ0n) is 17.0. The Morgan fingerprint density at radius 2 is 0.913 bits per heavy atom. The largest absolute Gasteiger partial charge is 0.343 e. The highest BCUT2D eigenvalue weighted by Crippen LogP contribution is 2.18. The van der Waals surface area contributed by atoms with Gasteiger partial charge in [0.15, 0.2) is 5.72 Å². The van der Waals surface area contributed by atoms with Crippen molar-refractivity contribution in [1.29, 1.82) is 0 Å². The lowest BCUT2D eigenvalue weighted by molar-refractivity contribution is -0.962. The molecule has 0 aromatic rings. The van der Waals surface area contributed by atoms with Crippen LogP contribution in [0.4, 0.5) is 0 Å². The molecule has 0 heterocycles. The first-order chi connectivity index (χ1) is 10.8. The monoisotopic (exact) mass is 328 g/mol. The molecule has 0 aliphatic rings. The van der Waals surface area contributed by atoms with Crippen molar-refractivity contribution in [2.75, 3.05) is 20.6 Å². The molecule has 0 rings (SSSR count). The first-order valence-corrected chi connectivity index (χ1v) is 10.4. The van der Waals surface area contributed by atoms with Gasteiger partial charge in [-0.1, -0.05) is 84.0 Å². The lowest BCUT2D eigenvalue weighted by Crippen LogP contribution is -2.56. The van der Waals surface area contributed by atoms with E-state index in [9.17, 15) is 5.11 Å². The molecule has 0 radical (unpaired) electrons. The lowest BCUT2D eigenvalue weighted by atomic mass is 10.0. The topological polar surface area (TPSA) is 20.2 Å². The van der Waals surface area contributed by atoms with Gasteiger partial charge in [-0.15, -0.1) is 0 Å². The molecule has 0 amide bonds. The van der Waals surface area contributed by atoms with Gasteiger partial charge in [-0.2, -0.15) is 0 Å². The second-order valence-electron chi connectivity index (χ2n) is 8.50. The third-order valence-corrected chi connectivity index (χ3v) is 5.55. The van der Waals surface area contributed by atoms with Gasteiger partial charge in [-0.05, 0) is 12.8 Å². The van der Waals surface area contributed by atoms with Crippen molar-refractivity contribution in [2.45, 2.75) is 116 Å². The molecule has 0 aliphatic heterocycles. The fraction of sp³-hybridized carbons (Fsp3) is 1.00. The molecule has 0 unspecified atom stereocenters. The first kappa shape index (κ1) is 22.9. The molecule has 0 bridgehead atoms. The van der Waals surface area contributed by atoms with Gasteiger partial charge in [0, 0.05) is 13.8 Å². The summed E-state index contributed by atoms with van der Waals surface area (Å²) in [6, 6.07) is 0. The van der Waals surface area contributed by atoms with E-state index in [1.54, 1.807) is 0 Å². The predicted molar refractivity (Wildman–Crippen MR) is 104 cm³/mol. The number of unbranched alkanes of at least 4 members (excludes halogenated alkanes) is 13. The van der Waals surface area contributed by atoms with Gasteiger partial charge in [-0.3, -0.25) is 0 Å². The number of rotatable bonds is 16. The van der Waals surface area contributed by atoms with Crippen LogP contribution in [0.2, 0.25) is 0 Å². The zero-order chi connectivity index (χ0) is 17.6. The molecule has 1 N–H and O–H groups in total. The van der Waals surface area contributed by atoms with Crippen LogP contribution in [-0.4, -0.2) is 36.0 Å². The van der Waals surface area contributed by atoms with Crippen molar-refractivity contribution < 1.29 is 9.59 Å². The van der Waals surface area contributed by atoms with Crippen LogP contribution in [0.1, 0.15) is 111 Å². The summed E-state index contributed by atoms with van der Waals surface area (Å²) in [6.07, 6.45) is 19.6. The van der Waals surface area contributed by atoms with Crippen LogP contribution in [0.25, 0.3) is 0 Å². The van der Waals surface area contributed by atoms with E-state index < -0.39 is 5.72 Å². The van der Waals surface area contributed by atoms with Gasteiger partial charge in [0.2, 0.25) is 0 Å². The van der Waals surface area contributed by atoms with Gasteiger partial charge in [0.25, 0.3) is 0 Å². The standard InChI is InChI=1S/C21H46NO/c1-6-7-8-9-10-11-12-13-14-15-16-17-18-19-20-22(4,5)21(2,3)23/h23H,6-20H2,1-5H3/q+1. The second kappa shape index (κ2) is 13.2. The Morgan fingerprint density at radius 1 is 0.609 bits per heavy atom. The predicted octanol–water partition coefficient (Wildman–Crippen LogP) is 6.27. The van der Waals surface area contributed by atoms with Crippen LogP contribution in [0.15, 0.2) is 0 Å². The number of nitrogens with zero attached hydrogens (tertiary/aromatic N) is 1. The number of hydrogen-bond donors (Lipinski definition) is 1.